The fourth-order valence-electron chi connectivity index (χ4n) is 3.29. The van der Waals surface area contributed by atoms with Gasteiger partial charge in [-0.15, -0.1) is 10.2 Å². The Kier molecular flexibility index (Phi) is 5.99. The first-order valence-corrected chi connectivity index (χ1v) is 11.1. The molecule has 0 aliphatic carbocycles. The SMILES string of the molecule is Cc1ccc(Cn2c3ccccc3c3nnc(SCC(=O)NCC(C)C)nc32)cc1. The van der Waals surface area contributed by atoms with Gasteiger partial charge in [0, 0.05) is 18.5 Å². The van der Waals surface area contributed by atoms with Crippen LogP contribution < -0.4 is 5.32 Å². The molecule has 2 heterocycles. The molecular formula is C23H25N5OS. The van der Waals surface area contributed by atoms with E-state index in [0.29, 0.717) is 24.2 Å². The van der Waals surface area contributed by atoms with Crippen LogP contribution in [0.4, 0.5) is 0 Å². The van der Waals surface area contributed by atoms with E-state index in [1.807, 2.05) is 18.2 Å². The summed E-state index contributed by atoms with van der Waals surface area (Å²) in [6, 6.07) is 16.7. The fraction of sp³-hybridized carbons (Fsp3) is 0.304. The van der Waals surface area contributed by atoms with E-state index in [4.69, 9.17) is 4.98 Å². The lowest BCUT2D eigenvalue weighted by atomic mass is 10.1. The van der Waals surface area contributed by atoms with Gasteiger partial charge in [-0.1, -0.05) is 73.6 Å². The van der Waals surface area contributed by atoms with Crippen LogP contribution in [0, 0.1) is 12.8 Å². The molecule has 4 rings (SSSR count). The highest BCUT2D eigenvalue weighted by molar-refractivity contribution is 7.99. The first kappa shape index (κ1) is 20.3. The minimum atomic E-state index is -0.0161. The van der Waals surface area contributed by atoms with E-state index in [0.717, 1.165) is 22.1 Å². The van der Waals surface area contributed by atoms with Crippen LogP contribution in [0.1, 0.15) is 25.0 Å². The van der Waals surface area contributed by atoms with Gasteiger partial charge in [0.05, 0.1) is 11.3 Å². The molecule has 4 aromatic rings. The quantitative estimate of drug-likeness (QED) is 0.455. The number of hydrogen-bond donors (Lipinski definition) is 1. The van der Waals surface area contributed by atoms with Gasteiger partial charge in [0.25, 0.3) is 0 Å². The molecule has 0 spiro atoms. The Hall–Kier alpha value is -2.93. The van der Waals surface area contributed by atoms with Crippen molar-refractivity contribution in [3.63, 3.8) is 0 Å². The standard InChI is InChI=1S/C23H25N5OS/c1-15(2)12-24-20(29)14-30-23-25-22-21(26-27-23)18-6-4-5-7-19(18)28(22)13-17-10-8-16(3)9-11-17/h4-11,15H,12-14H2,1-3H3,(H,24,29). The van der Waals surface area contributed by atoms with Crippen LogP contribution in [-0.2, 0) is 11.3 Å². The largest absolute Gasteiger partial charge is 0.355 e. The number of thioether (sulfide) groups is 1. The number of nitrogens with zero attached hydrogens (tertiary/aromatic N) is 4. The van der Waals surface area contributed by atoms with Gasteiger partial charge in [-0.2, -0.15) is 0 Å². The molecule has 0 unspecified atom stereocenters. The van der Waals surface area contributed by atoms with Gasteiger partial charge in [0.15, 0.2) is 5.65 Å². The lowest BCUT2D eigenvalue weighted by molar-refractivity contribution is -0.118. The minimum absolute atomic E-state index is 0.0161. The Bertz CT molecular complexity index is 1180. The summed E-state index contributed by atoms with van der Waals surface area (Å²) in [6.45, 7) is 7.59. The third kappa shape index (κ3) is 4.46. The fourth-order valence-corrected chi connectivity index (χ4v) is 3.90. The topological polar surface area (TPSA) is 72.7 Å². The highest BCUT2D eigenvalue weighted by Gasteiger charge is 2.16. The number of amides is 1. The molecule has 2 aromatic carbocycles. The van der Waals surface area contributed by atoms with Crippen molar-refractivity contribution in [2.75, 3.05) is 12.3 Å². The average Bonchev–Trinajstić information content (AvgIpc) is 3.05. The molecule has 1 amide bonds. The molecule has 0 bridgehead atoms. The van der Waals surface area contributed by atoms with E-state index < -0.39 is 0 Å². The third-order valence-corrected chi connectivity index (χ3v) is 5.69. The first-order valence-electron chi connectivity index (χ1n) is 10.1. The van der Waals surface area contributed by atoms with Crippen LogP contribution in [0.3, 0.4) is 0 Å². The number of para-hydroxylation sites is 1. The second-order valence-electron chi connectivity index (χ2n) is 7.84. The number of hydrogen-bond acceptors (Lipinski definition) is 5. The molecule has 0 radical (unpaired) electrons. The van der Waals surface area contributed by atoms with E-state index in [9.17, 15) is 4.79 Å². The maximum Gasteiger partial charge on any atom is 0.230 e. The Labute approximate surface area is 180 Å². The summed E-state index contributed by atoms with van der Waals surface area (Å²) < 4.78 is 2.17. The molecule has 2 aromatic heterocycles. The number of nitrogens with one attached hydrogen (secondary N) is 1. The van der Waals surface area contributed by atoms with Gasteiger partial charge in [0.1, 0.15) is 5.52 Å². The Morgan fingerprint density at radius 3 is 2.63 bits per heavy atom. The van der Waals surface area contributed by atoms with E-state index in [1.165, 1.54) is 22.9 Å². The van der Waals surface area contributed by atoms with Gasteiger partial charge < -0.3 is 9.88 Å². The van der Waals surface area contributed by atoms with E-state index in [2.05, 4.69) is 71.2 Å². The zero-order valence-electron chi connectivity index (χ0n) is 17.4. The molecule has 0 saturated carbocycles. The van der Waals surface area contributed by atoms with Gasteiger partial charge in [-0.3, -0.25) is 4.79 Å². The number of carbonyl (C=O) groups excluding carboxylic acids is 1. The number of aryl methyl sites for hydroxylation is 1. The van der Waals surface area contributed by atoms with Crippen LogP contribution in [0.2, 0.25) is 0 Å². The predicted octanol–water partition coefficient (Wildman–Crippen LogP) is 4.20. The van der Waals surface area contributed by atoms with Gasteiger partial charge in [0.2, 0.25) is 11.1 Å². The summed E-state index contributed by atoms with van der Waals surface area (Å²) in [4.78, 5) is 16.8. The number of fused-ring (bicyclic) bond motifs is 3. The lowest BCUT2D eigenvalue weighted by Gasteiger charge is -2.08. The normalized spacial score (nSPS) is 11.5. The molecule has 30 heavy (non-hydrogen) atoms. The van der Waals surface area contributed by atoms with Crippen molar-refractivity contribution in [3.8, 4) is 0 Å². The van der Waals surface area contributed by atoms with Gasteiger partial charge >= 0.3 is 0 Å². The maximum absolute atomic E-state index is 12.0. The molecular weight excluding hydrogens is 394 g/mol. The van der Waals surface area contributed by atoms with Crippen molar-refractivity contribution in [2.24, 2.45) is 5.92 Å². The van der Waals surface area contributed by atoms with Crippen molar-refractivity contribution < 1.29 is 4.79 Å². The second kappa shape index (κ2) is 8.83. The Morgan fingerprint density at radius 1 is 1.10 bits per heavy atom. The van der Waals surface area contributed by atoms with Crippen LogP contribution in [0.5, 0.6) is 0 Å². The van der Waals surface area contributed by atoms with Crippen molar-refractivity contribution in [2.45, 2.75) is 32.5 Å². The molecule has 0 aliphatic rings. The van der Waals surface area contributed by atoms with Crippen LogP contribution in [0.25, 0.3) is 22.1 Å². The van der Waals surface area contributed by atoms with Crippen molar-refractivity contribution in [1.29, 1.82) is 0 Å². The van der Waals surface area contributed by atoms with E-state index in [-0.39, 0.29) is 11.7 Å². The molecule has 0 saturated heterocycles. The number of rotatable bonds is 7. The number of aromatic nitrogens is 4. The predicted molar refractivity (Wildman–Crippen MR) is 122 cm³/mol. The smallest absolute Gasteiger partial charge is 0.230 e. The molecule has 6 nitrogen and oxygen atoms in total. The summed E-state index contributed by atoms with van der Waals surface area (Å²) in [5, 5.41) is 13.2. The second-order valence-corrected chi connectivity index (χ2v) is 8.78. The monoisotopic (exact) mass is 419 g/mol. The zero-order valence-corrected chi connectivity index (χ0v) is 18.2. The summed E-state index contributed by atoms with van der Waals surface area (Å²) in [6.07, 6.45) is 0. The maximum atomic E-state index is 12.0. The highest BCUT2D eigenvalue weighted by atomic mass is 32.2. The van der Waals surface area contributed by atoms with E-state index in [1.54, 1.807) is 0 Å². The summed E-state index contributed by atoms with van der Waals surface area (Å²) in [5.74, 6) is 0.682. The molecule has 0 atom stereocenters. The molecule has 0 fully saturated rings. The third-order valence-electron chi connectivity index (χ3n) is 4.86. The van der Waals surface area contributed by atoms with Crippen LogP contribution in [-0.4, -0.2) is 38.0 Å². The number of benzene rings is 2. The number of carbonyl (C=O) groups is 1. The van der Waals surface area contributed by atoms with Gasteiger partial charge in [-0.05, 0) is 24.5 Å². The average molecular weight is 420 g/mol. The van der Waals surface area contributed by atoms with E-state index >= 15 is 0 Å². The van der Waals surface area contributed by atoms with Gasteiger partial charge in [-0.25, -0.2) is 4.98 Å². The summed E-state index contributed by atoms with van der Waals surface area (Å²) in [5.41, 5.74) is 5.08. The Balaban J connectivity index is 1.65. The minimum Gasteiger partial charge on any atom is -0.355 e. The molecule has 154 valence electrons. The van der Waals surface area contributed by atoms with Crippen molar-refractivity contribution >= 4 is 39.7 Å². The highest BCUT2D eigenvalue weighted by Crippen LogP contribution is 2.28. The van der Waals surface area contributed by atoms with Crippen LogP contribution >= 0.6 is 11.8 Å². The lowest BCUT2D eigenvalue weighted by Crippen LogP contribution is -2.28. The zero-order chi connectivity index (χ0) is 21.1. The summed E-state index contributed by atoms with van der Waals surface area (Å²) >= 11 is 1.31. The van der Waals surface area contributed by atoms with Crippen molar-refractivity contribution in [3.05, 3.63) is 59.7 Å². The van der Waals surface area contributed by atoms with Crippen molar-refractivity contribution in [1.82, 2.24) is 25.1 Å². The summed E-state index contributed by atoms with van der Waals surface area (Å²) in [7, 11) is 0. The Morgan fingerprint density at radius 2 is 1.87 bits per heavy atom. The molecule has 7 heteroatoms. The van der Waals surface area contributed by atoms with Crippen LogP contribution in [0.15, 0.2) is 53.7 Å². The molecule has 0 aliphatic heterocycles. The molecule has 1 N–H and O–H groups in total. The first-order chi connectivity index (χ1) is 14.5.